The summed E-state index contributed by atoms with van der Waals surface area (Å²) < 4.78 is 0. The summed E-state index contributed by atoms with van der Waals surface area (Å²) in [4.78, 5) is 21.1. The second-order valence-electron chi connectivity index (χ2n) is 5.25. The Morgan fingerprint density at radius 3 is 2.95 bits per heavy atom. The van der Waals surface area contributed by atoms with Crippen LogP contribution in [0.15, 0.2) is 18.5 Å². The molecule has 0 aromatic carbocycles. The average Bonchev–Trinajstić information content (AvgIpc) is 2.48. The maximum Gasteiger partial charge on any atom is 0.256 e. The number of aromatic nitrogens is 1. The van der Waals surface area contributed by atoms with Gasteiger partial charge in [-0.1, -0.05) is 6.92 Å². The van der Waals surface area contributed by atoms with Crippen LogP contribution in [0.3, 0.4) is 0 Å². The van der Waals surface area contributed by atoms with E-state index in [-0.39, 0.29) is 5.91 Å². The van der Waals surface area contributed by atoms with Gasteiger partial charge in [-0.3, -0.25) is 14.7 Å². The van der Waals surface area contributed by atoms with Crippen molar-refractivity contribution in [1.82, 2.24) is 14.8 Å². The molecule has 2 rings (SSSR count). The first-order valence-corrected chi connectivity index (χ1v) is 7.34. The van der Waals surface area contributed by atoms with Crippen molar-refractivity contribution < 1.29 is 4.79 Å². The van der Waals surface area contributed by atoms with Gasteiger partial charge in [0, 0.05) is 38.4 Å². The summed E-state index contributed by atoms with van der Waals surface area (Å²) in [6.07, 6.45) is 4.47. The molecule has 1 atom stereocenters. The number of carbonyl (C=O) groups is 1. The fourth-order valence-corrected chi connectivity index (χ4v) is 2.65. The zero-order chi connectivity index (χ0) is 14.5. The van der Waals surface area contributed by atoms with Gasteiger partial charge < -0.3 is 10.2 Å². The number of hydrogen-bond acceptors (Lipinski definition) is 4. The van der Waals surface area contributed by atoms with Crippen LogP contribution in [0.5, 0.6) is 0 Å². The van der Waals surface area contributed by atoms with Gasteiger partial charge in [0.1, 0.15) is 0 Å². The number of rotatable bonds is 4. The Balaban J connectivity index is 2.15. The van der Waals surface area contributed by atoms with Crippen molar-refractivity contribution >= 4 is 11.6 Å². The lowest BCUT2D eigenvalue weighted by Crippen LogP contribution is -2.53. The molecule has 0 aliphatic carbocycles. The monoisotopic (exact) mass is 276 g/mol. The number of amides is 1. The third kappa shape index (κ3) is 3.10. The van der Waals surface area contributed by atoms with Crippen LogP contribution in [-0.2, 0) is 0 Å². The van der Waals surface area contributed by atoms with E-state index in [4.69, 9.17) is 0 Å². The summed E-state index contributed by atoms with van der Waals surface area (Å²) in [6, 6.07) is 2.26. The van der Waals surface area contributed by atoms with E-state index in [0.29, 0.717) is 6.04 Å². The molecule has 110 valence electrons. The van der Waals surface area contributed by atoms with E-state index in [1.165, 1.54) is 0 Å². The molecule has 1 aromatic heterocycles. The molecule has 2 heterocycles. The van der Waals surface area contributed by atoms with Crippen molar-refractivity contribution in [3.05, 3.63) is 24.0 Å². The topological polar surface area (TPSA) is 48.5 Å². The number of anilines is 1. The van der Waals surface area contributed by atoms with Crippen LogP contribution < -0.4 is 5.32 Å². The molecule has 5 heteroatoms. The largest absolute Gasteiger partial charge is 0.383 e. The summed E-state index contributed by atoms with van der Waals surface area (Å²) in [5.74, 6) is 0.106. The van der Waals surface area contributed by atoms with Gasteiger partial charge in [0.05, 0.1) is 17.4 Å². The maximum absolute atomic E-state index is 12.7. The number of nitrogens with zero attached hydrogens (tertiary/aromatic N) is 3. The van der Waals surface area contributed by atoms with Crippen LogP contribution in [-0.4, -0.2) is 60.0 Å². The lowest BCUT2D eigenvalue weighted by Gasteiger charge is -2.39. The summed E-state index contributed by atoms with van der Waals surface area (Å²) in [6.45, 7) is 7.51. The standard InChI is InChI=1S/C15H24N4O/c1-4-12-11-19(9-8-18(12)3)15(20)13-6-7-16-10-14(13)17-5-2/h6-7,10,12,17H,4-5,8-9,11H2,1-3H3. The number of carbonyl (C=O) groups excluding carboxylic acids is 1. The van der Waals surface area contributed by atoms with Crippen LogP contribution in [0.1, 0.15) is 30.6 Å². The Bertz CT molecular complexity index is 463. The molecule has 1 aliphatic rings. The highest BCUT2D eigenvalue weighted by atomic mass is 16.2. The maximum atomic E-state index is 12.7. The van der Waals surface area contributed by atoms with Gasteiger partial charge in [-0.2, -0.15) is 0 Å². The van der Waals surface area contributed by atoms with E-state index in [1.807, 2.05) is 11.8 Å². The molecule has 20 heavy (non-hydrogen) atoms. The van der Waals surface area contributed by atoms with Gasteiger partial charge >= 0.3 is 0 Å². The number of pyridine rings is 1. The van der Waals surface area contributed by atoms with Crippen LogP contribution in [0.25, 0.3) is 0 Å². The molecule has 1 saturated heterocycles. The van der Waals surface area contributed by atoms with Crippen molar-refractivity contribution in [3.63, 3.8) is 0 Å². The molecule has 1 N–H and O–H groups in total. The minimum Gasteiger partial charge on any atom is -0.383 e. The number of likely N-dealkylation sites (N-methyl/N-ethyl adjacent to an activating group) is 1. The highest BCUT2D eigenvalue weighted by molar-refractivity contribution is 5.99. The molecule has 1 fully saturated rings. The zero-order valence-corrected chi connectivity index (χ0v) is 12.6. The molecule has 1 aliphatic heterocycles. The fraction of sp³-hybridized carbons (Fsp3) is 0.600. The van der Waals surface area contributed by atoms with E-state index < -0.39 is 0 Å². The van der Waals surface area contributed by atoms with Gasteiger partial charge in [-0.05, 0) is 26.5 Å². The van der Waals surface area contributed by atoms with Crippen LogP contribution in [0.4, 0.5) is 5.69 Å². The van der Waals surface area contributed by atoms with Gasteiger partial charge in [-0.15, -0.1) is 0 Å². The predicted octanol–water partition coefficient (Wildman–Crippen LogP) is 1.68. The normalized spacial score (nSPS) is 19.9. The summed E-state index contributed by atoms with van der Waals surface area (Å²) >= 11 is 0. The highest BCUT2D eigenvalue weighted by Crippen LogP contribution is 2.19. The van der Waals surface area contributed by atoms with E-state index in [9.17, 15) is 4.79 Å². The molecular formula is C15H24N4O. The number of hydrogen-bond donors (Lipinski definition) is 1. The lowest BCUT2D eigenvalue weighted by atomic mass is 10.1. The predicted molar refractivity (Wildman–Crippen MR) is 81.0 cm³/mol. The highest BCUT2D eigenvalue weighted by Gasteiger charge is 2.27. The third-order valence-electron chi connectivity index (χ3n) is 3.95. The van der Waals surface area contributed by atoms with Crippen LogP contribution >= 0.6 is 0 Å². The number of piperazine rings is 1. The average molecular weight is 276 g/mol. The lowest BCUT2D eigenvalue weighted by molar-refractivity contribution is 0.0542. The van der Waals surface area contributed by atoms with Gasteiger partial charge in [-0.25, -0.2) is 0 Å². The molecule has 1 unspecified atom stereocenters. The van der Waals surface area contributed by atoms with Gasteiger partial charge in [0.25, 0.3) is 5.91 Å². The molecule has 0 spiro atoms. The van der Waals surface area contributed by atoms with Gasteiger partial charge in [0.2, 0.25) is 0 Å². The van der Waals surface area contributed by atoms with E-state index >= 15 is 0 Å². The molecule has 0 saturated carbocycles. The Morgan fingerprint density at radius 1 is 1.45 bits per heavy atom. The first-order valence-electron chi connectivity index (χ1n) is 7.34. The molecule has 1 aromatic rings. The fourth-order valence-electron chi connectivity index (χ4n) is 2.65. The van der Waals surface area contributed by atoms with E-state index in [1.54, 1.807) is 18.5 Å². The van der Waals surface area contributed by atoms with Crippen LogP contribution in [0, 0.1) is 0 Å². The molecule has 1 amide bonds. The molecule has 0 radical (unpaired) electrons. The minimum atomic E-state index is 0.106. The van der Waals surface area contributed by atoms with E-state index in [0.717, 1.165) is 43.9 Å². The summed E-state index contributed by atoms with van der Waals surface area (Å²) in [7, 11) is 2.13. The summed E-state index contributed by atoms with van der Waals surface area (Å²) in [5.41, 5.74) is 1.55. The SMILES string of the molecule is CCNc1cnccc1C(=O)N1CCN(C)C(CC)C1. The first kappa shape index (κ1) is 14.8. The van der Waals surface area contributed by atoms with Crippen molar-refractivity contribution in [2.75, 3.05) is 38.5 Å². The quantitative estimate of drug-likeness (QED) is 0.909. The van der Waals surface area contributed by atoms with Crippen molar-refractivity contribution in [1.29, 1.82) is 0 Å². The first-order chi connectivity index (χ1) is 9.67. The smallest absolute Gasteiger partial charge is 0.256 e. The van der Waals surface area contributed by atoms with Gasteiger partial charge in [0.15, 0.2) is 0 Å². The Morgan fingerprint density at radius 2 is 2.25 bits per heavy atom. The van der Waals surface area contributed by atoms with E-state index in [2.05, 4.69) is 29.2 Å². The Kier molecular flexibility index (Phi) is 4.95. The second kappa shape index (κ2) is 6.70. The molecular weight excluding hydrogens is 252 g/mol. The Hall–Kier alpha value is -1.62. The Labute approximate surface area is 121 Å². The third-order valence-corrected chi connectivity index (χ3v) is 3.95. The number of nitrogens with one attached hydrogen (secondary N) is 1. The van der Waals surface area contributed by atoms with Crippen molar-refractivity contribution in [3.8, 4) is 0 Å². The summed E-state index contributed by atoms with van der Waals surface area (Å²) in [5, 5.41) is 3.21. The second-order valence-corrected chi connectivity index (χ2v) is 5.25. The minimum absolute atomic E-state index is 0.106. The van der Waals surface area contributed by atoms with Crippen molar-refractivity contribution in [2.45, 2.75) is 26.3 Å². The van der Waals surface area contributed by atoms with Crippen LogP contribution in [0.2, 0.25) is 0 Å². The molecule has 5 nitrogen and oxygen atoms in total. The zero-order valence-electron chi connectivity index (χ0n) is 12.6. The van der Waals surface area contributed by atoms with Crippen molar-refractivity contribution in [2.24, 2.45) is 0 Å². The molecule has 0 bridgehead atoms.